The van der Waals surface area contributed by atoms with Gasteiger partial charge in [-0.25, -0.2) is 0 Å². The summed E-state index contributed by atoms with van der Waals surface area (Å²) in [6.07, 6.45) is 0.584. The lowest BCUT2D eigenvalue weighted by atomic mass is 9.78. The Kier molecular flexibility index (Phi) is 7.43. The molecule has 3 rings (SSSR count). The molecule has 8 heteroatoms. The molecule has 0 N–H and O–H groups in total. The van der Waals surface area contributed by atoms with Gasteiger partial charge in [-0.1, -0.05) is 30.3 Å². The van der Waals surface area contributed by atoms with Crippen molar-refractivity contribution >= 4 is 28.3 Å². The number of carbonyl (C=O) groups excluding carboxylic acids is 3. The molecule has 1 fully saturated rings. The minimum absolute atomic E-state index is 0.0365. The molecule has 0 saturated carbocycles. The van der Waals surface area contributed by atoms with Crippen molar-refractivity contribution in [1.29, 1.82) is 0 Å². The van der Waals surface area contributed by atoms with Crippen molar-refractivity contribution in [3.05, 3.63) is 58.6 Å². The summed E-state index contributed by atoms with van der Waals surface area (Å²) in [5.74, 6) is -0.489. The van der Waals surface area contributed by atoms with Crippen molar-refractivity contribution in [2.75, 3.05) is 38.8 Å². The number of carbonyl (C=O) groups is 3. The molecule has 166 valence electrons. The van der Waals surface area contributed by atoms with Crippen molar-refractivity contribution in [3.8, 4) is 0 Å². The van der Waals surface area contributed by atoms with Crippen LogP contribution in [0.15, 0.2) is 53.0 Å². The van der Waals surface area contributed by atoms with E-state index in [1.807, 2.05) is 30.3 Å². The summed E-state index contributed by atoms with van der Waals surface area (Å²) in [7, 11) is 1.80. The van der Waals surface area contributed by atoms with Crippen LogP contribution in [0.3, 0.4) is 0 Å². The largest absolute Gasteiger partial charge is 0.489 e. The van der Waals surface area contributed by atoms with Gasteiger partial charge in [-0.2, -0.15) is 0 Å². The van der Waals surface area contributed by atoms with Crippen molar-refractivity contribution in [1.82, 2.24) is 4.90 Å². The van der Waals surface area contributed by atoms with E-state index in [0.29, 0.717) is 42.2 Å². The summed E-state index contributed by atoms with van der Waals surface area (Å²) in [5, 5.41) is 0. The first-order valence-electron chi connectivity index (χ1n) is 10.2. The Hall–Kier alpha value is -2.74. The van der Waals surface area contributed by atoms with E-state index in [-0.39, 0.29) is 29.6 Å². The fraction of sp³-hybridized carbons (Fsp3) is 0.435. The third kappa shape index (κ3) is 4.79. The molecule has 0 radical (unpaired) electrons. The second-order valence-electron chi connectivity index (χ2n) is 7.49. The molecule has 1 aliphatic carbocycles. The molecule has 1 amide bonds. The van der Waals surface area contributed by atoms with Gasteiger partial charge in [-0.15, -0.1) is 0 Å². The Labute approximate surface area is 184 Å². The highest BCUT2D eigenvalue weighted by atomic mass is 32.2. The number of ketones is 2. The van der Waals surface area contributed by atoms with Crippen LogP contribution in [0, 0.1) is 0 Å². The minimum atomic E-state index is -0.861. The van der Waals surface area contributed by atoms with Crippen LogP contribution in [0.2, 0.25) is 0 Å². The summed E-state index contributed by atoms with van der Waals surface area (Å²) in [5.41, 5.74) is 1.49. The van der Waals surface area contributed by atoms with E-state index >= 15 is 0 Å². The lowest BCUT2D eigenvalue weighted by Crippen LogP contribution is -2.41. The quantitative estimate of drug-likeness (QED) is 0.597. The topological polar surface area (TPSA) is 90.0 Å². The van der Waals surface area contributed by atoms with Crippen LogP contribution in [0.1, 0.15) is 31.2 Å². The lowest BCUT2D eigenvalue weighted by Gasteiger charge is -2.29. The summed E-state index contributed by atoms with van der Waals surface area (Å²) in [6.45, 7) is 2.57. The number of ether oxygens (including phenoxy) is 2. The maximum Gasteiger partial charge on any atom is 0.228 e. The molecule has 31 heavy (non-hydrogen) atoms. The first kappa shape index (κ1) is 22.9. The number of Topliss-reactive ketones (excluding diaryl/α,β-unsaturated/α-hetero) is 2. The van der Waals surface area contributed by atoms with Crippen LogP contribution in [0.4, 0.5) is 0 Å². The molecule has 1 aliphatic heterocycles. The smallest absolute Gasteiger partial charge is 0.228 e. The van der Waals surface area contributed by atoms with E-state index in [4.69, 9.17) is 9.47 Å². The maximum absolute atomic E-state index is 13.3. The minimum Gasteiger partial charge on any atom is -0.489 e. The molecule has 0 aromatic heterocycles. The Bertz CT molecular complexity index is 956. The highest BCUT2D eigenvalue weighted by Gasteiger charge is 2.38. The molecular formula is C23H27NO6S. The number of methoxy groups -OCH3 is 2. The fourth-order valence-electron chi connectivity index (χ4n) is 4.06. The summed E-state index contributed by atoms with van der Waals surface area (Å²) < 4.78 is 21.9. The first-order chi connectivity index (χ1) is 14.9. The summed E-state index contributed by atoms with van der Waals surface area (Å²) in [6, 6.07) is 9.38. The average molecular weight is 446 g/mol. The molecule has 0 spiro atoms. The van der Waals surface area contributed by atoms with E-state index in [2.05, 4.69) is 0 Å². The van der Waals surface area contributed by atoms with Gasteiger partial charge < -0.3 is 14.4 Å². The van der Waals surface area contributed by atoms with Crippen LogP contribution in [0.25, 0.3) is 0 Å². The third-order valence-corrected chi connectivity index (χ3v) is 7.02. The monoisotopic (exact) mass is 445 g/mol. The highest BCUT2D eigenvalue weighted by molar-refractivity contribution is 7.85. The molecule has 1 unspecified atom stereocenters. The van der Waals surface area contributed by atoms with Gasteiger partial charge >= 0.3 is 0 Å². The van der Waals surface area contributed by atoms with Crippen molar-refractivity contribution < 1.29 is 28.1 Å². The molecule has 0 bridgehead atoms. The number of benzene rings is 1. The molecule has 7 nitrogen and oxygen atoms in total. The van der Waals surface area contributed by atoms with Gasteiger partial charge in [0, 0.05) is 58.9 Å². The SMILES string of the molecule is COC1=C(OC)C(=O)C(C(CCC(=O)N2CCS(=O)CC2)c2ccccc2)=C(C)C1=O. The molecule has 1 heterocycles. The van der Waals surface area contributed by atoms with Gasteiger partial charge in [0.05, 0.1) is 14.2 Å². The zero-order valence-electron chi connectivity index (χ0n) is 18.0. The van der Waals surface area contributed by atoms with Crippen LogP contribution in [-0.4, -0.2) is 65.4 Å². The Morgan fingerprint density at radius 3 is 2.19 bits per heavy atom. The third-order valence-electron chi connectivity index (χ3n) is 5.74. The van der Waals surface area contributed by atoms with E-state index in [0.717, 1.165) is 5.56 Å². The number of hydrogen-bond donors (Lipinski definition) is 0. The predicted molar refractivity (Wildman–Crippen MR) is 117 cm³/mol. The fourth-order valence-corrected chi connectivity index (χ4v) is 5.11. The van der Waals surface area contributed by atoms with Gasteiger partial charge in [-0.05, 0) is 18.9 Å². The van der Waals surface area contributed by atoms with E-state index in [1.54, 1.807) is 11.8 Å². The molecule has 1 aromatic carbocycles. The number of rotatable bonds is 7. The summed E-state index contributed by atoms with van der Waals surface area (Å²) in [4.78, 5) is 40.6. The Balaban J connectivity index is 1.90. The summed E-state index contributed by atoms with van der Waals surface area (Å²) >= 11 is 0. The first-order valence-corrected chi connectivity index (χ1v) is 11.7. The maximum atomic E-state index is 13.3. The molecule has 1 aromatic rings. The van der Waals surface area contributed by atoms with Gasteiger partial charge in [0.1, 0.15) is 0 Å². The van der Waals surface area contributed by atoms with Crippen LogP contribution in [0.5, 0.6) is 0 Å². The highest BCUT2D eigenvalue weighted by Crippen LogP contribution is 2.38. The van der Waals surface area contributed by atoms with Gasteiger partial charge in [0.15, 0.2) is 0 Å². The zero-order chi connectivity index (χ0) is 22.5. The van der Waals surface area contributed by atoms with Crippen molar-refractivity contribution in [2.45, 2.75) is 25.7 Å². The van der Waals surface area contributed by atoms with Gasteiger partial charge in [0.25, 0.3) is 0 Å². The number of amides is 1. The van der Waals surface area contributed by atoms with Crippen molar-refractivity contribution in [2.24, 2.45) is 0 Å². The lowest BCUT2D eigenvalue weighted by molar-refractivity contribution is -0.131. The number of nitrogens with zero attached hydrogens (tertiary/aromatic N) is 1. The van der Waals surface area contributed by atoms with E-state index in [9.17, 15) is 18.6 Å². The molecule has 1 saturated heterocycles. The molecule has 2 aliphatic rings. The standard InChI is InChI=1S/C23H27NO6S/c1-15-19(21(27)23(30-3)22(29-2)20(15)26)17(16-7-5-4-6-8-16)9-10-18(25)24-11-13-31(28)14-12-24/h4-8,17H,9-14H2,1-3H3. The van der Waals surface area contributed by atoms with Crippen LogP contribution >= 0.6 is 0 Å². The predicted octanol–water partition coefficient (Wildman–Crippen LogP) is 2.11. The number of allylic oxidation sites excluding steroid dienone is 2. The van der Waals surface area contributed by atoms with E-state index in [1.165, 1.54) is 14.2 Å². The Morgan fingerprint density at radius 2 is 1.61 bits per heavy atom. The van der Waals surface area contributed by atoms with E-state index < -0.39 is 22.5 Å². The van der Waals surface area contributed by atoms with Crippen molar-refractivity contribution in [3.63, 3.8) is 0 Å². The molecular weight excluding hydrogens is 418 g/mol. The average Bonchev–Trinajstić information content (AvgIpc) is 2.79. The normalized spacial score (nSPS) is 19.0. The Morgan fingerprint density at radius 1 is 1.03 bits per heavy atom. The second-order valence-corrected chi connectivity index (χ2v) is 9.19. The van der Waals surface area contributed by atoms with Crippen LogP contribution in [-0.2, 0) is 34.7 Å². The second kappa shape index (κ2) is 10.0. The molecule has 1 atom stereocenters. The van der Waals surface area contributed by atoms with Gasteiger partial charge in [-0.3, -0.25) is 18.6 Å². The number of hydrogen-bond acceptors (Lipinski definition) is 6. The van der Waals surface area contributed by atoms with Gasteiger partial charge in [0.2, 0.25) is 29.0 Å². The van der Waals surface area contributed by atoms with Crippen LogP contribution < -0.4 is 0 Å². The zero-order valence-corrected chi connectivity index (χ0v) is 18.8.